The van der Waals surface area contributed by atoms with Crippen LogP contribution in [0.5, 0.6) is 5.75 Å². The molecule has 0 fully saturated rings. The molecule has 7 heteroatoms. The predicted octanol–water partition coefficient (Wildman–Crippen LogP) is 2.75. The largest absolute Gasteiger partial charge is 0.507 e. The zero-order valence-corrected chi connectivity index (χ0v) is 9.61. The van der Waals surface area contributed by atoms with Gasteiger partial charge >= 0.3 is 12.1 Å². The van der Waals surface area contributed by atoms with Crippen molar-refractivity contribution in [3.8, 4) is 5.75 Å². The number of carbonyl (C=O) groups is 1. The number of hydrogen-bond donors (Lipinski definition) is 2. The predicted molar refractivity (Wildman–Crippen MR) is 61.2 cm³/mol. The summed E-state index contributed by atoms with van der Waals surface area (Å²) in [7, 11) is 0. The van der Waals surface area contributed by atoms with Crippen molar-refractivity contribution in [3.05, 3.63) is 35.5 Å². The molecule has 2 rings (SSSR count). The van der Waals surface area contributed by atoms with Gasteiger partial charge in [-0.2, -0.15) is 13.2 Å². The molecule has 0 amide bonds. The summed E-state index contributed by atoms with van der Waals surface area (Å²) < 4.78 is 37.4. The number of nitrogens with zero attached hydrogens (tertiary/aromatic N) is 1. The number of hydrogen-bond acceptors (Lipinski definition) is 3. The van der Waals surface area contributed by atoms with Crippen LogP contribution in [0.1, 0.15) is 16.8 Å². The first-order chi connectivity index (χ1) is 8.79. The van der Waals surface area contributed by atoms with Gasteiger partial charge in [0.1, 0.15) is 11.3 Å². The van der Waals surface area contributed by atoms with E-state index in [0.29, 0.717) is 5.69 Å². The first-order valence-electron chi connectivity index (χ1n) is 5.40. The van der Waals surface area contributed by atoms with Crippen LogP contribution in [0.4, 0.5) is 18.9 Å². The van der Waals surface area contributed by atoms with Crippen molar-refractivity contribution in [2.45, 2.75) is 12.6 Å². The Hall–Kier alpha value is -2.18. The maximum absolute atomic E-state index is 12.5. The summed E-state index contributed by atoms with van der Waals surface area (Å²) in [5, 5.41) is 18.2. The minimum Gasteiger partial charge on any atom is -0.507 e. The number of carboxylic acids is 1. The van der Waals surface area contributed by atoms with Crippen LogP contribution in [0.3, 0.4) is 0 Å². The van der Waals surface area contributed by atoms with Crippen molar-refractivity contribution >= 4 is 11.7 Å². The van der Waals surface area contributed by atoms with Crippen LogP contribution < -0.4 is 4.90 Å². The Labute approximate surface area is 106 Å². The minimum absolute atomic E-state index is 0.134. The van der Waals surface area contributed by atoms with Crippen molar-refractivity contribution < 1.29 is 28.2 Å². The molecule has 4 nitrogen and oxygen atoms in total. The molecule has 1 aromatic carbocycles. The van der Waals surface area contributed by atoms with E-state index in [1.165, 1.54) is 11.0 Å². The molecular formula is C12H10F3NO3. The number of alkyl halides is 3. The lowest BCUT2D eigenvalue weighted by molar-refractivity contribution is -0.0929. The van der Waals surface area contributed by atoms with Gasteiger partial charge in [0.05, 0.1) is 5.57 Å². The van der Waals surface area contributed by atoms with Gasteiger partial charge in [0.15, 0.2) is 0 Å². The van der Waals surface area contributed by atoms with Gasteiger partial charge in [-0.25, -0.2) is 4.79 Å². The Morgan fingerprint density at radius 2 is 2.00 bits per heavy atom. The van der Waals surface area contributed by atoms with E-state index in [-0.39, 0.29) is 18.5 Å². The van der Waals surface area contributed by atoms with E-state index in [1.54, 1.807) is 0 Å². The Balaban J connectivity index is 2.28. The van der Waals surface area contributed by atoms with Crippen molar-refractivity contribution in [2.24, 2.45) is 0 Å². The molecule has 0 saturated carbocycles. The SMILES string of the molecule is O=C(O)c1ccc(N2C=C(C(F)(F)F)CC2)cc1O. The third-order valence-electron chi connectivity index (χ3n) is 2.84. The lowest BCUT2D eigenvalue weighted by Gasteiger charge is -2.15. The van der Waals surface area contributed by atoms with Crippen molar-refractivity contribution in [1.29, 1.82) is 0 Å². The van der Waals surface area contributed by atoms with Gasteiger partial charge < -0.3 is 15.1 Å². The minimum atomic E-state index is -4.36. The van der Waals surface area contributed by atoms with Gasteiger partial charge in [-0.05, 0) is 18.6 Å². The van der Waals surface area contributed by atoms with Crippen LogP contribution in [-0.4, -0.2) is 28.9 Å². The summed E-state index contributed by atoms with van der Waals surface area (Å²) >= 11 is 0. The van der Waals surface area contributed by atoms with Gasteiger partial charge in [0.25, 0.3) is 0 Å². The fourth-order valence-corrected chi connectivity index (χ4v) is 1.86. The number of carboxylic acid groups (broad SMARTS) is 1. The Bertz CT molecular complexity index is 552. The molecule has 0 aromatic heterocycles. The summed E-state index contributed by atoms with van der Waals surface area (Å²) in [6.45, 7) is 0.140. The molecule has 0 saturated heterocycles. The molecule has 0 atom stereocenters. The summed E-state index contributed by atoms with van der Waals surface area (Å²) in [6.07, 6.45) is -3.53. The highest BCUT2D eigenvalue weighted by Crippen LogP contribution is 2.35. The number of benzene rings is 1. The number of aromatic hydroxyl groups is 1. The smallest absolute Gasteiger partial charge is 0.414 e. The van der Waals surface area contributed by atoms with Crippen LogP contribution in [-0.2, 0) is 0 Å². The molecule has 1 heterocycles. The van der Waals surface area contributed by atoms with Crippen LogP contribution in [0.15, 0.2) is 30.0 Å². The highest BCUT2D eigenvalue weighted by Gasteiger charge is 2.36. The molecular weight excluding hydrogens is 263 g/mol. The molecule has 1 aliphatic rings. The van der Waals surface area contributed by atoms with Crippen LogP contribution in [0, 0.1) is 0 Å². The first-order valence-corrected chi connectivity index (χ1v) is 5.40. The average molecular weight is 273 g/mol. The van der Waals surface area contributed by atoms with Crippen molar-refractivity contribution in [1.82, 2.24) is 0 Å². The van der Waals surface area contributed by atoms with E-state index in [9.17, 15) is 23.1 Å². The average Bonchev–Trinajstić information content (AvgIpc) is 2.76. The Morgan fingerprint density at radius 1 is 1.32 bits per heavy atom. The van der Waals surface area contributed by atoms with Crippen LogP contribution in [0.2, 0.25) is 0 Å². The Morgan fingerprint density at radius 3 is 2.47 bits per heavy atom. The zero-order chi connectivity index (χ0) is 14.2. The van der Waals surface area contributed by atoms with Crippen LogP contribution >= 0.6 is 0 Å². The number of phenols is 1. The van der Waals surface area contributed by atoms with E-state index in [0.717, 1.165) is 18.3 Å². The molecule has 0 bridgehead atoms. The number of halogens is 3. The van der Waals surface area contributed by atoms with E-state index in [2.05, 4.69) is 0 Å². The molecule has 2 N–H and O–H groups in total. The monoisotopic (exact) mass is 273 g/mol. The molecule has 102 valence electrons. The van der Waals surface area contributed by atoms with Crippen LogP contribution in [0.25, 0.3) is 0 Å². The molecule has 0 spiro atoms. The second-order valence-corrected chi connectivity index (χ2v) is 4.10. The molecule has 1 aliphatic heterocycles. The lowest BCUT2D eigenvalue weighted by Crippen LogP contribution is -2.12. The molecule has 0 aliphatic carbocycles. The van der Waals surface area contributed by atoms with Gasteiger partial charge in [-0.3, -0.25) is 0 Å². The van der Waals surface area contributed by atoms with Gasteiger partial charge in [0.2, 0.25) is 0 Å². The molecule has 1 aromatic rings. The van der Waals surface area contributed by atoms with Gasteiger partial charge in [0, 0.05) is 24.5 Å². The maximum Gasteiger partial charge on any atom is 0.414 e. The maximum atomic E-state index is 12.5. The summed E-state index contributed by atoms with van der Waals surface area (Å²) in [6, 6.07) is 3.66. The Kier molecular flexibility index (Phi) is 3.13. The zero-order valence-electron chi connectivity index (χ0n) is 9.61. The highest BCUT2D eigenvalue weighted by atomic mass is 19.4. The van der Waals surface area contributed by atoms with E-state index in [4.69, 9.17) is 5.11 Å². The molecule has 0 unspecified atom stereocenters. The quantitative estimate of drug-likeness (QED) is 0.869. The summed E-state index contributed by atoms with van der Waals surface area (Å²) in [5.74, 6) is -1.77. The van der Waals surface area contributed by atoms with Crippen molar-refractivity contribution in [2.75, 3.05) is 11.4 Å². The summed E-state index contributed by atoms with van der Waals surface area (Å²) in [4.78, 5) is 12.0. The van der Waals surface area contributed by atoms with Gasteiger partial charge in [-0.15, -0.1) is 0 Å². The van der Waals surface area contributed by atoms with Gasteiger partial charge in [-0.1, -0.05) is 0 Å². The topological polar surface area (TPSA) is 60.8 Å². The third kappa shape index (κ3) is 2.64. The van der Waals surface area contributed by atoms with E-state index in [1.807, 2.05) is 0 Å². The molecule has 19 heavy (non-hydrogen) atoms. The van der Waals surface area contributed by atoms with E-state index < -0.39 is 23.5 Å². The fraction of sp³-hybridized carbons (Fsp3) is 0.250. The van der Waals surface area contributed by atoms with E-state index >= 15 is 0 Å². The summed E-state index contributed by atoms with van der Waals surface area (Å²) in [5.41, 5.74) is -0.612. The highest BCUT2D eigenvalue weighted by molar-refractivity contribution is 5.91. The number of aromatic carboxylic acids is 1. The standard InChI is InChI=1S/C12H10F3NO3/c13-12(14,15)7-3-4-16(6-7)8-1-2-9(11(18)19)10(17)5-8/h1-2,5-6,17H,3-4H2,(H,18,19). The number of anilines is 1. The third-order valence-corrected chi connectivity index (χ3v) is 2.84. The number of rotatable bonds is 2. The lowest BCUT2D eigenvalue weighted by atomic mass is 10.1. The molecule has 0 radical (unpaired) electrons. The first kappa shape index (κ1) is 13.3. The fourth-order valence-electron chi connectivity index (χ4n) is 1.86. The normalized spacial score (nSPS) is 15.5. The van der Waals surface area contributed by atoms with Crippen molar-refractivity contribution in [3.63, 3.8) is 0 Å². The second-order valence-electron chi connectivity index (χ2n) is 4.10. The second kappa shape index (κ2) is 4.49.